The van der Waals surface area contributed by atoms with Crippen molar-refractivity contribution in [3.8, 4) is 0 Å². The molecule has 0 bridgehead atoms. The molecule has 0 radical (unpaired) electrons. The molecule has 3 atom stereocenters. The summed E-state index contributed by atoms with van der Waals surface area (Å²) in [6, 6.07) is 0. The molecule has 1 aliphatic carbocycles. The molecule has 0 amide bonds. The lowest BCUT2D eigenvalue weighted by Crippen LogP contribution is -2.56. The van der Waals surface area contributed by atoms with Crippen molar-refractivity contribution in [2.45, 2.75) is 64.2 Å². The van der Waals surface area contributed by atoms with Crippen molar-refractivity contribution in [1.29, 1.82) is 0 Å². The van der Waals surface area contributed by atoms with Crippen molar-refractivity contribution in [1.82, 2.24) is 4.84 Å². The van der Waals surface area contributed by atoms with E-state index in [1.165, 1.54) is 19.3 Å². The van der Waals surface area contributed by atoms with Gasteiger partial charge in [0, 0.05) is 16.0 Å². The van der Waals surface area contributed by atoms with Crippen LogP contribution in [0.1, 0.15) is 53.9 Å². The summed E-state index contributed by atoms with van der Waals surface area (Å²) in [7, 11) is 0. The second-order valence-corrected chi connectivity index (χ2v) is 8.26. The first-order chi connectivity index (χ1) is 7.32. The predicted molar refractivity (Wildman–Crippen MR) is 76.1 cm³/mol. The quantitative estimate of drug-likeness (QED) is 0.755. The van der Waals surface area contributed by atoms with Gasteiger partial charge in [-0.2, -0.15) is 11.8 Å². The first kappa shape index (κ1) is 14.7. The highest BCUT2D eigenvalue weighted by molar-refractivity contribution is 8.00. The monoisotopic (exact) mass is 263 g/mol. The van der Waals surface area contributed by atoms with E-state index < -0.39 is 0 Å². The molecule has 0 aromatic rings. The molecule has 0 aromatic heterocycles. The summed E-state index contributed by atoms with van der Waals surface area (Å²) >= 11 is 8.12. The Balaban J connectivity index is 2.73. The van der Waals surface area contributed by atoms with Gasteiger partial charge < -0.3 is 0 Å². The SMILES string of the molecule is C[C@@H]1CCC[C@H](C)C1(CSC(C)(C)C)NCl. The van der Waals surface area contributed by atoms with E-state index in [9.17, 15) is 0 Å². The van der Waals surface area contributed by atoms with E-state index in [-0.39, 0.29) is 5.54 Å². The smallest absolute Gasteiger partial charge is 0.0473 e. The maximum absolute atomic E-state index is 6.09. The van der Waals surface area contributed by atoms with Crippen molar-refractivity contribution >= 4 is 23.5 Å². The van der Waals surface area contributed by atoms with Gasteiger partial charge in [0.25, 0.3) is 0 Å². The van der Waals surface area contributed by atoms with Crippen LogP contribution in [0.4, 0.5) is 0 Å². The zero-order valence-corrected chi connectivity index (χ0v) is 12.8. The van der Waals surface area contributed by atoms with E-state index in [0.29, 0.717) is 16.6 Å². The number of halogens is 1. The molecule has 0 saturated heterocycles. The van der Waals surface area contributed by atoms with Gasteiger partial charge in [-0.1, -0.05) is 41.0 Å². The number of thioether (sulfide) groups is 1. The van der Waals surface area contributed by atoms with Crippen LogP contribution in [0.3, 0.4) is 0 Å². The maximum atomic E-state index is 6.09. The highest BCUT2D eigenvalue weighted by Crippen LogP contribution is 2.42. The Morgan fingerprint density at radius 3 is 2.12 bits per heavy atom. The standard InChI is InChI=1S/C13H26ClNS/c1-10-7-6-8-11(2)13(10,15-14)9-16-12(3,4)5/h10-11,15H,6-9H2,1-5H3/t10-,11+,13?. The normalized spacial score (nSPS) is 36.4. The summed E-state index contributed by atoms with van der Waals surface area (Å²) in [5, 5.41) is 0. The Bertz CT molecular complexity index is 214. The molecule has 1 rings (SSSR count). The van der Waals surface area contributed by atoms with Gasteiger partial charge >= 0.3 is 0 Å². The van der Waals surface area contributed by atoms with Crippen LogP contribution in [0, 0.1) is 11.8 Å². The van der Waals surface area contributed by atoms with E-state index in [2.05, 4.69) is 39.5 Å². The lowest BCUT2D eigenvalue weighted by atomic mass is 9.69. The average molecular weight is 264 g/mol. The lowest BCUT2D eigenvalue weighted by Gasteiger charge is -2.47. The summed E-state index contributed by atoms with van der Waals surface area (Å²) in [5.74, 6) is 2.45. The Morgan fingerprint density at radius 1 is 1.25 bits per heavy atom. The fraction of sp³-hybridized carbons (Fsp3) is 1.00. The Kier molecular flexibility index (Phi) is 5.03. The number of nitrogens with one attached hydrogen (secondary N) is 1. The van der Waals surface area contributed by atoms with Crippen LogP contribution < -0.4 is 4.84 Å². The van der Waals surface area contributed by atoms with E-state index >= 15 is 0 Å². The first-order valence-corrected chi connectivity index (χ1v) is 7.70. The van der Waals surface area contributed by atoms with Crippen molar-refractivity contribution in [3.05, 3.63) is 0 Å². The molecular weight excluding hydrogens is 238 g/mol. The molecule has 3 heteroatoms. The van der Waals surface area contributed by atoms with Crippen LogP contribution in [-0.2, 0) is 0 Å². The topological polar surface area (TPSA) is 12.0 Å². The first-order valence-electron chi connectivity index (χ1n) is 6.33. The van der Waals surface area contributed by atoms with Crippen molar-refractivity contribution < 1.29 is 0 Å². The largest absolute Gasteiger partial charge is 0.226 e. The van der Waals surface area contributed by atoms with Gasteiger partial charge in [0.05, 0.1) is 0 Å². The third kappa shape index (κ3) is 3.30. The summed E-state index contributed by atoms with van der Waals surface area (Å²) < 4.78 is 0.317. The van der Waals surface area contributed by atoms with Crippen LogP contribution in [0.15, 0.2) is 0 Å². The molecule has 0 heterocycles. The molecule has 16 heavy (non-hydrogen) atoms. The predicted octanol–water partition coefficient (Wildman–Crippen LogP) is 4.46. The molecule has 1 fully saturated rings. The van der Waals surface area contributed by atoms with E-state index in [4.69, 9.17) is 11.8 Å². The summed E-state index contributed by atoms with van der Waals surface area (Å²) in [4.78, 5) is 3.14. The molecule has 0 spiro atoms. The van der Waals surface area contributed by atoms with Crippen LogP contribution in [0.5, 0.6) is 0 Å². The second kappa shape index (κ2) is 5.49. The van der Waals surface area contributed by atoms with Gasteiger partial charge in [0.2, 0.25) is 0 Å². The van der Waals surface area contributed by atoms with Crippen LogP contribution >= 0.6 is 23.5 Å². The minimum absolute atomic E-state index is 0.123. The highest BCUT2D eigenvalue weighted by Gasteiger charge is 2.43. The molecule has 1 saturated carbocycles. The molecule has 0 aromatic carbocycles. The molecule has 1 aliphatic rings. The van der Waals surface area contributed by atoms with Gasteiger partial charge in [-0.25, -0.2) is 4.84 Å². The average Bonchev–Trinajstić information content (AvgIpc) is 2.16. The third-order valence-corrected chi connectivity index (χ3v) is 5.79. The van der Waals surface area contributed by atoms with Gasteiger partial charge in [0.15, 0.2) is 0 Å². The van der Waals surface area contributed by atoms with E-state index in [1.807, 2.05) is 11.8 Å². The van der Waals surface area contributed by atoms with E-state index in [0.717, 1.165) is 5.75 Å². The zero-order valence-electron chi connectivity index (χ0n) is 11.3. The molecule has 1 unspecified atom stereocenters. The Morgan fingerprint density at radius 2 is 1.75 bits per heavy atom. The van der Waals surface area contributed by atoms with Crippen LogP contribution in [-0.4, -0.2) is 16.0 Å². The van der Waals surface area contributed by atoms with Gasteiger partial charge in [-0.05, 0) is 36.5 Å². The number of hydrogen-bond acceptors (Lipinski definition) is 2. The molecular formula is C13H26ClNS. The van der Waals surface area contributed by atoms with Gasteiger partial charge in [-0.15, -0.1) is 0 Å². The Labute approximate surface area is 110 Å². The lowest BCUT2D eigenvalue weighted by molar-refractivity contribution is 0.140. The summed E-state index contributed by atoms with van der Waals surface area (Å²) in [6.07, 6.45) is 3.95. The highest BCUT2D eigenvalue weighted by atomic mass is 35.5. The summed E-state index contributed by atoms with van der Waals surface area (Å²) in [5.41, 5.74) is 0.123. The Hall–Kier alpha value is 0.600. The number of hydrogen-bond donors (Lipinski definition) is 1. The zero-order chi connectivity index (χ0) is 12.4. The minimum atomic E-state index is 0.123. The van der Waals surface area contributed by atoms with E-state index in [1.54, 1.807) is 0 Å². The fourth-order valence-corrected chi connectivity index (χ4v) is 4.40. The van der Waals surface area contributed by atoms with Crippen molar-refractivity contribution in [2.75, 3.05) is 5.75 Å². The van der Waals surface area contributed by atoms with Crippen molar-refractivity contribution in [3.63, 3.8) is 0 Å². The third-order valence-electron chi connectivity index (χ3n) is 3.95. The molecule has 1 nitrogen and oxygen atoms in total. The minimum Gasteiger partial charge on any atom is -0.226 e. The fourth-order valence-electron chi connectivity index (χ4n) is 2.57. The molecule has 1 N–H and O–H groups in total. The van der Waals surface area contributed by atoms with Gasteiger partial charge in [-0.3, -0.25) is 0 Å². The van der Waals surface area contributed by atoms with Crippen LogP contribution in [0.2, 0.25) is 0 Å². The van der Waals surface area contributed by atoms with Gasteiger partial charge in [0.1, 0.15) is 0 Å². The molecule has 0 aliphatic heterocycles. The van der Waals surface area contributed by atoms with Crippen molar-refractivity contribution in [2.24, 2.45) is 11.8 Å². The maximum Gasteiger partial charge on any atom is 0.0473 e. The second-order valence-electron chi connectivity index (χ2n) is 6.27. The summed E-state index contributed by atoms with van der Waals surface area (Å²) in [6.45, 7) is 11.5. The number of rotatable bonds is 3. The van der Waals surface area contributed by atoms with Crippen LogP contribution in [0.25, 0.3) is 0 Å². The molecule has 96 valence electrons.